The van der Waals surface area contributed by atoms with Crippen LogP contribution in [0.2, 0.25) is 5.15 Å². The molecule has 0 bridgehead atoms. The Labute approximate surface area is 136 Å². The topological polar surface area (TPSA) is 38.1 Å². The zero-order chi connectivity index (χ0) is 15.1. The van der Waals surface area contributed by atoms with E-state index in [9.17, 15) is 4.79 Å². The van der Waals surface area contributed by atoms with Crippen LogP contribution in [-0.4, -0.2) is 26.9 Å². The maximum Gasteiger partial charge on any atom is 0.257 e. The summed E-state index contributed by atoms with van der Waals surface area (Å²) in [5.41, 5.74) is 2.83. The quantitative estimate of drug-likeness (QED) is 0.718. The molecule has 6 heteroatoms. The number of carbonyl (C=O) groups excluding carboxylic acids is 1. The molecule has 1 aliphatic rings. The second-order valence-corrected chi connectivity index (χ2v) is 6.49. The van der Waals surface area contributed by atoms with E-state index in [0.29, 0.717) is 12.1 Å². The summed E-state index contributed by atoms with van der Waals surface area (Å²) in [4.78, 5) is 18.7. The third kappa shape index (κ3) is 2.49. The summed E-state index contributed by atoms with van der Waals surface area (Å²) in [6.07, 6.45) is 1.59. The van der Waals surface area contributed by atoms with Gasteiger partial charge >= 0.3 is 0 Å². The van der Waals surface area contributed by atoms with Crippen LogP contribution in [0.15, 0.2) is 28.9 Å². The molecule has 0 aromatic carbocycles. The molecule has 2 aromatic heterocycles. The SMILES string of the molecule is Cc1ccc2n1CCN(C(=O)c1cc(Br)cnc1Cl)C2C. The standard InChI is InChI=1S/C15H15BrClN3O/c1-9-3-4-13-10(2)20(6-5-19(9)13)15(21)12-7-11(16)8-18-14(12)17/h3-4,7-8,10H,5-6H2,1-2H3. The number of amides is 1. The zero-order valence-corrected chi connectivity index (χ0v) is 14.1. The summed E-state index contributed by atoms with van der Waals surface area (Å²) in [7, 11) is 0. The van der Waals surface area contributed by atoms with Gasteiger partial charge in [0, 0.05) is 35.1 Å². The number of pyridine rings is 1. The Morgan fingerprint density at radius 3 is 2.95 bits per heavy atom. The van der Waals surface area contributed by atoms with Crippen molar-refractivity contribution in [2.75, 3.05) is 6.54 Å². The first-order valence-corrected chi connectivity index (χ1v) is 7.94. The van der Waals surface area contributed by atoms with Crippen LogP contribution in [0.1, 0.15) is 34.7 Å². The second-order valence-electron chi connectivity index (χ2n) is 5.22. The van der Waals surface area contributed by atoms with Gasteiger partial charge in [-0.25, -0.2) is 4.98 Å². The van der Waals surface area contributed by atoms with E-state index in [1.807, 2.05) is 11.8 Å². The average Bonchev–Trinajstić information content (AvgIpc) is 2.84. The van der Waals surface area contributed by atoms with E-state index >= 15 is 0 Å². The van der Waals surface area contributed by atoms with Gasteiger partial charge in [-0.15, -0.1) is 0 Å². The molecule has 21 heavy (non-hydrogen) atoms. The molecule has 110 valence electrons. The summed E-state index contributed by atoms with van der Waals surface area (Å²) in [6.45, 7) is 5.61. The monoisotopic (exact) mass is 367 g/mol. The Kier molecular flexibility index (Phi) is 3.80. The van der Waals surface area contributed by atoms with Crippen LogP contribution >= 0.6 is 27.5 Å². The molecule has 2 aromatic rings. The highest BCUT2D eigenvalue weighted by atomic mass is 79.9. The number of rotatable bonds is 1. The lowest BCUT2D eigenvalue weighted by molar-refractivity contribution is 0.0642. The summed E-state index contributed by atoms with van der Waals surface area (Å²) >= 11 is 9.41. The van der Waals surface area contributed by atoms with Crippen LogP contribution in [0.25, 0.3) is 0 Å². The van der Waals surface area contributed by atoms with Crippen LogP contribution in [-0.2, 0) is 6.54 Å². The highest BCUT2D eigenvalue weighted by Gasteiger charge is 2.30. The lowest BCUT2D eigenvalue weighted by Gasteiger charge is -2.35. The molecular formula is C15H15BrClN3O. The number of nitrogens with zero attached hydrogens (tertiary/aromatic N) is 3. The van der Waals surface area contributed by atoms with Gasteiger partial charge in [0.25, 0.3) is 5.91 Å². The van der Waals surface area contributed by atoms with Crippen LogP contribution in [0.4, 0.5) is 0 Å². The van der Waals surface area contributed by atoms with Crippen molar-refractivity contribution in [2.45, 2.75) is 26.4 Å². The van der Waals surface area contributed by atoms with Crippen molar-refractivity contribution in [1.82, 2.24) is 14.5 Å². The maximum atomic E-state index is 12.8. The molecule has 4 nitrogen and oxygen atoms in total. The van der Waals surface area contributed by atoms with Gasteiger partial charge < -0.3 is 9.47 Å². The molecule has 1 atom stereocenters. The molecular weight excluding hydrogens is 354 g/mol. The molecule has 1 aliphatic heterocycles. The van der Waals surface area contributed by atoms with Gasteiger partial charge in [-0.1, -0.05) is 11.6 Å². The fourth-order valence-corrected chi connectivity index (χ4v) is 3.34. The minimum atomic E-state index is -0.0774. The van der Waals surface area contributed by atoms with Crippen LogP contribution in [0, 0.1) is 6.92 Å². The van der Waals surface area contributed by atoms with Crippen molar-refractivity contribution < 1.29 is 4.79 Å². The predicted octanol–water partition coefficient (Wildman–Crippen LogP) is 3.82. The molecule has 3 rings (SSSR count). The van der Waals surface area contributed by atoms with Gasteiger partial charge in [0.05, 0.1) is 11.6 Å². The van der Waals surface area contributed by atoms with E-state index < -0.39 is 0 Å². The fraction of sp³-hybridized carbons (Fsp3) is 0.333. The molecule has 0 N–H and O–H groups in total. The third-order valence-electron chi connectivity index (χ3n) is 3.99. The first-order chi connectivity index (χ1) is 9.99. The van der Waals surface area contributed by atoms with Crippen molar-refractivity contribution in [2.24, 2.45) is 0 Å². The Bertz CT molecular complexity index is 713. The first kappa shape index (κ1) is 14.6. The lowest BCUT2D eigenvalue weighted by atomic mass is 10.1. The Hall–Kier alpha value is -1.33. The number of hydrogen-bond donors (Lipinski definition) is 0. The van der Waals surface area contributed by atoms with Gasteiger partial charge in [0.1, 0.15) is 5.15 Å². The van der Waals surface area contributed by atoms with Gasteiger partial charge in [0.15, 0.2) is 0 Å². The van der Waals surface area contributed by atoms with Gasteiger partial charge in [0.2, 0.25) is 0 Å². The summed E-state index contributed by atoms with van der Waals surface area (Å²) in [5.74, 6) is -0.0774. The molecule has 0 aliphatic carbocycles. The van der Waals surface area contributed by atoms with Crippen molar-refractivity contribution in [3.63, 3.8) is 0 Å². The molecule has 0 saturated carbocycles. The van der Waals surface area contributed by atoms with E-state index in [1.54, 1.807) is 12.3 Å². The Morgan fingerprint density at radius 1 is 1.43 bits per heavy atom. The van der Waals surface area contributed by atoms with Gasteiger partial charge in [-0.05, 0) is 48.0 Å². The highest BCUT2D eigenvalue weighted by molar-refractivity contribution is 9.10. The van der Waals surface area contributed by atoms with E-state index in [-0.39, 0.29) is 17.1 Å². The summed E-state index contributed by atoms with van der Waals surface area (Å²) in [6, 6.07) is 5.92. The summed E-state index contributed by atoms with van der Waals surface area (Å²) in [5, 5.41) is 0.243. The van der Waals surface area contributed by atoms with Gasteiger partial charge in [-0.2, -0.15) is 0 Å². The molecule has 1 amide bonds. The second kappa shape index (κ2) is 5.46. The number of aromatic nitrogens is 2. The fourth-order valence-electron chi connectivity index (χ4n) is 2.83. The average molecular weight is 369 g/mol. The first-order valence-electron chi connectivity index (χ1n) is 6.77. The Balaban J connectivity index is 1.95. The molecule has 1 unspecified atom stereocenters. The number of carbonyl (C=O) groups is 1. The van der Waals surface area contributed by atoms with Crippen molar-refractivity contribution >= 4 is 33.4 Å². The van der Waals surface area contributed by atoms with Crippen LogP contribution in [0.3, 0.4) is 0 Å². The molecule has 0 fully saturated rings. The smallest absolute Gasteiger partial charge is 0.257 e. The van der Waals surface area contributed by atoms with E-state index in [0.717, 1.165) is 16.7 Å². The molecule has 0 saturated heterocycles. The molecule has 0 spiro atoms. The number of aryl methyl sites for hydroxylation is 1. The normalized spacial score (nSPS) is 17.7. The largest absolute Gasteiger partial charge is 0.345 e. The van der Waals surface area contributed by atoms with Crippen LogP contribution < -0.4 is 0 Å². The number of fused-ring (bicyclic) bond motifs is 1. The number of halogens is 2. The van der Waals surface area contributed by atoms with Crippen molar-refractivity contribution in [3.8, 4) is 0 Å². The maximum absolute atomic E-state index is 12.8. The lowest BCUT2D eigenvalue weighted by Crippen LogP contribution is -2.41. The minimum Gasteiger partial charge on any atom is -0.345 e. The predicted molar refractivity (Wildman–Crippen MR) is 85.6 cm³/mol. The summed E-state index contributed by atoms with van der Waals surface area (Å²) < 4.78 is 3.01. The number of hydrogen-bond acceptors (Lipinski definition) is 2. The third-order valence-corrected chi connectivity index (χ3v) is 4.72. The van der Waals surface area contributed by atoms with Crippen molar-refractivity contribution in [3.05, 3.63) is 51.0 Å². The Morgan fingerprint density at radius 2 is 2.19 bits per heavy atom. The molecule has 3 heterocycles. The van der Waals surface area contributed by atoms with Gasteiger partial charge in [-0.3, -0.25) is 4.79 Å². The highest BCUT2D eigenvalue weighted by Crippen LogP contribution is 2.30. The zero-order valence-electron chi connectivity index (χ0n) is 11.8. The van der Waals surface area contributed by atoms with E-state index in [2.05, 4.69) is 44.5 Å². The minimum absolute atomic E-state index is 0.0231. The van der Waals surface area contributed by atoms with E-state index in [4.69, 9.17) is 11.6 Å². The van der Waals surface area contributed by atoms with Crippen molar-refractivity contribution in [1.29, 1.82) is 0 Å². The van der Waals surface area contributed by atoms with E-state index in [1.165, 1.54) is 5.69 Å². The molecule has 0 radical (unpaired) electrons. The van der Waals surface area contributed by atoms with Crippen LogP contribution in [0.5, 0.6) is 0 Å².